The Balaban J connectivity index is 0.896. The first kappa shape index (κ1) is 36.4. The fourth-order valence-electron chi connectivity index (χ4n) is 7.49. The average molecular weight is 778 g/mol. The summed E-state index contributed by atoms with van der Waals surface area (Å²) in [6.07, 6.45) is 1.64. The van der Waals surface area contributed by atoms with Crippen molar-refractivity contribution in [3.05, 3.63) is 136 Å². The smallest absolute Gasteiger partial charge is 0.293 e. The first-order valence-corrected chi connectivity index (χ1v) is 20.6. The van der Waals surface area contributed by atoms with Crippen LogP contribution in [-0.4, -0.2) is 68.9 Å². The van der Waals surface area contributed by atoms with Crippen LogP contribution >= 0.6 is 11.8 Å². The van der Waals surface area contributed by atoms with E-state index in [0.717, 1.165) is 78.3 Å². The molecular weight excluding hydrogens is 739 g/mol. The number of amides is 1. The molecule has 3 aliphatic rings. The number of nitrogens with one attached hydrogen (secondary N) is 2. The van der Waals surface area contributed by atoms with Crippen molar-refractivity contribution in [3.63, 3.8) is 0 Å². The summed E-state index contributed by atoms with van der Waals surface area (Å²) in [4.78, 5) is 30.2. The van der Waals surface area contributed by atoms with Gasteiger partial charge in [0.2, 0.25) is 6.79 Å². The Morgan fingerprint density at radius 3 is 2.58 bits per heavy atom. The van der Waals surface area contributed by atoms with Crippen molar-refractivity contribution in [2.75, 3.05) is 48.9 Å². The van der Waals surface area contributed by atoms with E-state index in [1.807, 2.05) is 48.5 Å². The number of hydrogen-bond donors (Lipinski definition) is 2. The second-order valence-corrected chi connectivity index (χ2v) is 16.5. The molecule has 5 aromatic rings. The Bertz CT molecular complexity index is 2360. The number of thioether (sulfide) groups is 1. The van der Waals surface area contributed by atoms with Crippen LogP contribution < -0.4 is 24.4 Å². The summed E-state index contributed by atoms with van der Waals surface area (Å²) in [5.41, 5.74) is 5.56. The number of carbonyl (C=O) groups excluding carboxylic acids is 1. The molecule has 0 aliphatic carbocycles. The highest BCUT2D eigenvalue weighted by Gasteiger charge is 2.33. The molecule has 2 N–H and O–H groups in total. The third-order valence-corrected chi connectivity index (χ3v) is 12.5. The van der Waals surface area contributed by atoms with Gasteiger partial charge in [0.05, 0.1) is 9.82 Å². The summed E-state index contributed by atoms with van der Waals surface area (Å²) in [6, 6.07) is 33.5. The Labute approximate surface area is 323 Å². The van der Waals surface area contributed by atoms with Gasteiger partial charge in [-0.3, -0.25) is 19.8 Å². The molecule has 0 radical (unpaired) electrons. The topological polar surface area (TPSA) is 143 Å². The molecule has 0 spiro atoms. The predicted octanol–water partition coefficient (Wildman–Crippen LogP) is 6.95. The molecule has 1 fully saturated rings. The minimum absolute atomic E-state index is 0.198. The molecule has 1 amide bonds. The minimum atomic E-state index is -4.40. The summed E-state index contributed by atoms with van der Waals surface area (Å²) >= 11 is 1.60. The third kappa shape index (κ3) is 7.97. The highest BCUT2D eigenvalue weighted by Crippen LogP contribution is 2.38. The zero-order valence-electron chi connectivity index (χ0n) is 29.8. The van der Waals surface area contributed by atoms with Crippen molar-refractivity contribution >= 4 is 44.8 Å². The van der Waals surface area contributed by atoms with Gasteiger partial charge in [-0.05, 0) is 89.7 Å². The number of nitro benzene ring substituents is 1. The van der Waals surface area contributed by atoms with Crippen molar-refractivity contribution in [2.24, 2.45) is 0 Å². The van der Waals surface area contributed by atoms with Crippen LogP contribution in [0.2, 0.25) is 0 Å². The number of nitrogens with zero attached hydrogens (tertiary/aromatic N) is 3. The van der Waals surface area contributed by atoms with Crippen molar-refractivity contribution in [3.8, 4) is 22.6 Å². The van der Waals surface area contributed by atoms with Gasteiger partial charge in [-0.1, -0.05) is 48.5 Å². The van der Waals surface area contributed by atoms with Crippen LogP contribution in [0.3, 0.4) is 0 Å². The maximum Gasteiger partial charge on any atom is 0.293 e. The zero-order valence-corrected chi connectivity index (χ0v) is 31.5. The number of nitro groups is 1. The Hall–Kier alpha value is -5.57. The fourth-order valence-corrected chi connectivity index (χ4v) is 9.28. The summed E-state index contributed by atoms with van der Waals surface area (Å²) < 4.78 is 39.9. The monoisotopic (exact) mass is 777 g/mol. The molecule has 3 aliphatic heterocycles. The Kier molecular flexibility index (Phi) is 10.4. The highest BCUT2D eigenvalue weighted by molar-refractivity contribution is 7.99. The average Bonchev–Trinajstić information content (AvgIpc) is 3.68. The predicted molar refractivity (Wildman–Crippen MR) is 213 cm³/mol. The minimum Gasteiger partial charge on any atom is -0.454 e. The normalized spacial score (nSPS) is 16.2. The SMILES string of the molecule is O=C(NS(=O)(=O)c1ccc(NCCSc2ccccc2)c([N+](=O)[O-])c1)c1ccc2c(c1)CC[C@H]1CN(Cc3ccccc3-c3ccc4c(c3)OCO4)CCN21. The molecule has 0 unspecified atom stereocenters. The summed E-state index contributed by atoms with van der Waals surface area (Å²) in [5, 5.41) is 14.9. The van der Waals surface area contributed by atoms with Crippen molar-refractivity contribution in [2.45, 2.75) is 35.2 Å². The maximum atomic E-state index is 13.3. The van der Waals surface area contributed by atoms with E-state index in [1.165, 1.54) is 23.3 Å². The number of aryl methyl sites for hydroxylation is 1. The number of benzene rings is 5. The van der Waals surface area contributed by atoms with Crippen LogP contribution in [0.4, 0.5) is 17.1 Å². The number of fused-ring (bicyclic) bond motifs is 4. The number of sulfonamides is 1. The van der Waals surface area contributed by atoms with Gasteiger partial charge in [-0.15, -0.1) is 11.8 Å². The molecular formula is C41H39N5O7S2. The van der Waals surface area contributed by atoms with Crippen LogP contribution in [0.25, 0.3) is 11.1 Å². The molecule has 0 saturated carbocycles. The van der Waals surface area contributed by atoms with Crippen molar-refractivity contribution < 1.29 is 27.6 Å². The molecule has 14 heteroatoms. The largest absolute Gasteiger partial charge is 0.454 e. The van der Waals surface area contributed by atoms with Crippen LogP contribution in [0.15, 0.2) is 119 Å². The molecule has 1 atom stereocenters. The Morgan fingerprint density at radius 1 is 0.909 bits per heavy atom. The van der Waals surface area contributed by atoms with E-state index in [4.69, 9.17) is 9.47 Å². The van der Waals surface area contributed by atoms with Crippen LogP contribution in [0, 0.1) is 10.1 Å². The van der Waals surface area contributed by atoms with Gasteiger partial charge in [0.25, 0.3) is 21.6 Å². The number of rotatable bonds is 12. The van der Waals surface area contributed by atoms with Crippen molar-refractivity contribution in [1.82, 2.24) is 9.62 Å². The van der Waals surface area contributed by atoms with Gasteiger partial charge in [0.1, 0.15) is 5.69 Å². The van der Waals surface area contributed by atoms with Gasteiger partial charge in [0, 0.05) is 66.7 Å². The van der Waals surface area contributed by atoms with E-state index in [1.54, 1.807) is 23.9 Å². The van der Waals surface area contributed by atoms with Gasteiger partial charge >= 0.3 is 0 Å². The standard InChI is InChI=1S/C41H39N5O7S2/c47-41(43-55(50,51)34-14-15-36(38(24-34)46(48)49)42-18-21-54-33-7-2-1-3-8-33)30-11-16-37-29(22-30)10-13-32-26-44(19-20-45(32)37)25-31-6-4-5-9-35(31)28-12-17-39-40(23-28)53-27-52-39/h1-9,11-12,14-17,22-24,32,42H,10,13,18-21,25-27H2,(H,43,47)/t32-/m0/s1. The van der Waals surface area contributed by atoms with E-state index < -0.39 is 26.5 Å². The van der Waals surface area contributed by atoms with E-state index in [0.29, 0.717) is 18.3 Å². The first-order valence-electron chi connectivity index (χ1n) is 18.1. The molecule has 55 heavy (non-hydrogen) atoms. The molecule has 0 bridgehead atoms. The summed E-state index contributed by atoms with van der Waals surface area (Å²) in [7, 11) is -4.40. The molecule has 5 aromatic carbocycles. The lowest BCUT2D eigenvalue weighted by Gasteiger charge is -2.46. The van der Waals surface area contributed by atoms with E-state index in [2.05, 4.69) is 50.2 Å². The fraction of sp³-hybridized carbons (Fsp3) is 0.244. The maximum absolute atomic E-state index is 13.3. The van der Waals surface area contributed by atoms with Crippen LogP contribution in [0.5, 0.6) is 11.5 Å². The molecule has 12 nitrogen and oxygen atoms in total. The number of carbonyl (C=O) groups is 1. The van der Waals surface area contributed by atoms with Gasteiger partial charge in [0.15, 0.2) is 11.5 Å². The number of anilines is 2. The second kappa shape index (κ2) is 15.7. The van der Waals surface area contributed by atoms with E-state index >= 15 is 0 Å². The second-order valence-electron chi connectivity index (χ2n) is 13.6. The van der Waals surface area contributed by atoms with Gasteiger partial charge in [-0.2, -0.15) is 0 Å². The van der Waals surface area contributed by atoms with E-state index in [-0.39, 0.29) is 22.9 Å². The van der Waals surface area contributed by atoms with Crippen LogP contribution in [-0.2, 0) is 23.0 Å². The summed E-state index contributed by atoms with van der Waals surface area (Å²) in [6.45, 7) is 4.05. The van der Waals surface area contributed by atoms with Gasteiger partial charge in [-0.25, -0.2) is 13.1 Å². The van der Waals surface area contributed by atoms with Crippen LogP contribution in [0.1, 0.15) is 27.9 Å². The Morgan fingerprint density at radius 2 is 1.73 bits per heavy atom. The number of hydrogen-bond acceptors (Lipinski definition) is 11. The lowest BCUT2D eigenvalue weighted by Crippen LogP contribution is -2.54. The molecule has 3 heterocycles. The first-order chi connectivity index (χ1) is 26.7. The molecule has 8 rings (SSSR count). The highest BCUT2D eigenvalue weighted by atomic mass is 32.2. The van der Waals surface area contributed by atoms with Gasteiger partial charge < -0.3 is 19.7 Å². The van der Waals surface area contributed by atoms with Crippen molar-refractivity contribution in [1.29, 1.82) is 0 Å². The molecule has 282 valence electrons. The zero-order chi connectivity index (χ0) is 37.9. The molecule has 0 aromatic heterocycles. The van der Waals surface area contributed by atoms with E-state index in [9.17, 15) is 23.3 Å². The number of piperazine rings is 1. The summed E-state index contributed by atoms with van der Waals surface area (Å²) in [5.74, 6) is 1.38. The third-order valence-electron chi connectivity index (χ3n) is 10.2. The lowest BCUT2D eigenvalue weighted by atomic mass is 9.92. The lowest BCUT2D eigenvalue weighted by molar-refractivity contribution is -0.384. The number of ether oxygens (including phenoxy) is 2. The quantitative estimate of drug-likeness (QED) is 0.0588. The molecule has 1 saturated heterocycles.